The summed E-state index contributed by atoms with van der Waals surface area (Å²) in [5, 5.41) is 2.31. The van der Waals surface area contributed by atoms with Gasteiger partial charge in [-0.1, -0.05) is 72.8 Å². The molecule has 0 aliphatic carbocycles. The van der Waals surface area contributed by atoms with Crippen LogP contribution < -0.4 is 11.0 Å². The monoisotopic (exact) mass is 619 g/mol. The first kappa shape index (κ1) is 32.6. The van der Waals surface area contributed by atoms with Crippen molar-refractivity contribution in [3.05, 3.63) is 147 Å². The maximum absolute atomic E-state index is 12.3. The highest BCUT2D eigenvalue weighted by molar-refractivity contribution is 6.66. The number of carbonyl (C=O) groups is 3. The number of hydrogen-bond donors (Lipinski definition) is 2. The lowest BCUT2D eigenvalue weighted by molar-refractivity contribution is -0.115. The van der Waals surface area contributed by atoms with Crippen molar-refractivity contribution in [1.82, 2.24) is 9.55 Å². The van der Waals surface area contributed by atoms with Gasteiger partial charge >= 0.3 is 5.69 Å². The first-order chi connectivity index (χ1) is 21.5. The Morgan fingerprint density at radius 2 is 1.31 bits per heavy atom. The fraction of sp³-hybridized carbons (Fsp3) is 0.135. The summed E-state index contributed by atoms with van der Waals surface area (Å²) in [5.41, 5.74) is 9.65. The van der Waals surface area contributed by atoms with Crippen molar-refractivity contribution in [2.45, 2.75) is 34.1 Å². The second kappa shape index (κ2) is 14.9. The summed E-state index contributed by atoms with van der Waals surface area (Å²) >= 11 is 5.17. The van der Waals surface area contributed by atoms with E-state index in [1.54, 1.807) is 30.4 Å². The number of benzene rings is 4. The molecule has 1 aromatic heterocycles. The van der Waals surface area contributed by atoms with Crippen molar-refractivity contribution in [3.8, 4) is 0 Å². The van der Waals surface area contributed by atoms with E-state index in [-0.39, 0.29) is 11.8 Å². The third kappa shape index (κ3) is 8.87. The molecule has 8 heteroatoms. The molecule has 0 atom stereocenters. The van der Waals surface area contributed by atoms with Gasteiger partial charge in [-0.3, -0.25) is 14.4 Å². The number of H-pyrrole nitrogens is 1. The molecule has 2 N–H and O–H groups in total. The van der Waals surface area contributed by atoms with Crippen LogP contribution in [-0.2, 0) is 16.0 Å². The van der Waals surface area contributed by atoms with Gasteiger partial charge in [-0.15, -0.1) is 0 Å². The van der Waals surface area contributed by atoms with Crippen LogP contribution in [-0.4, -0.2) is 26.6 Å². The smallest absolute Gasteiger partial charge is 0.326 e. The lowest BCUT2D eigenvalue weighted by atomic mass is 10.1. The number of aromatic nitrogens is 2. The van der Waals surface area contributed by atoms with Crippen LogP contribution in [0.2, 0.25) is 0 Å². The zero-order valence-electron chi connectivity index (χ0n) is 25.6. The van der Waals surface area contributed by atoms with Gasteiger partial charge in [-0.25, -0.2) is 9.36 Å². The molecule has 0 radical (unpaired) electrons. The van der Waals surface area contributed by atoms with Crippen LogP contribution in [0, 0.1) is 27.7 Å². The Balaban J connectivity index is 0.000000169. The van der Waals surface area contributed by atoms with Crippen LogP contribution in [0.1, 0.15) is 43.7 Å². The summed E-state index contributed by atoms with van der Waals surface area (Å²) < 4.78 is 1.15. The fourth-order valence-electron chi connectivity index (χ4n) is 4.58. The van der Waals surface area contributed by atoms with Gasteiger partial charge in [-0.2, -0.15) is 0 Å². The quantitative estimate of drug-likeness (QED) is 0.160. The number of amides is 1. The molecular weight excluding hydrogens is 586 g/mol. The molecule has 45 heavy (non-hydrogen) atoms. The molecule has 228 valence electrons. The molecular formula is C37H34ClN3O4. The number of nitrogens with zero attached hydrogens (tertiary/aromatic N) is 1. The lowest BCUT2D eigenvalue weighted by Crippen LogP contribution is -2.22. The van der Waals surface area contributed by atoms with Gasteiger partial charge in [0.2, 0.25) is 11.1 Å². The Morgan fingerprint density at radius 1 is 0.733 bits per heavy atom. The highest BCUT2D eigenvalue weighted by Gasteiger charge is 2.15. The molecule has 1 aliphatic heterocycles. The number of rotatable bonds is 4. The van der Waals surface area contributed by atoms with E-state index in [0.29, 0.717) is 17.5 Å². The average Bonchev–Trinajstić information content (AvgIpc) is 3.56. The predicted octanol–water partition coefficient (Wildman–Crippen LogP) is 7.56. The number of nitrogens with one attached hydrogen (secondary N) is 2. The Labute approximate surface area is 266 Å². The summed E-state index contributed by atoms with van der Waals surface area (Å²) in [6.07, 6.45) is 6.75. The molecule has 0 unspecified atom stereocenters. The molecule has 4 aromatic carbocycles. The summed E-state index contributed by atoms with van der Waals surface area (Å²) in [5.74, 6) is -0.262. The van der Waals surface area contributed by atoms with Gasteiger partial charge in [0.05, 0.1) is 17.5 Å². The number of halogens is 1. The Morgan fingerprint density at radius 3 is 1.91 bits per heavy atom. The van der Waals surface area contributed by atoms with E-state index in [4.69, 9.17) is 11.6 Å². The van der Waals surface area contributed by atoms with Crippen LogP contribution in [0.3, 0.4) is 0 Å². The first-order valence-corrected chi connectivity index (χ1v) is 14.7. The Kier molecular flexibility index (Phi) is 10.8. The molecule has 1 amide bonds. The highest BCUT2D eigenvalue weighted by Crippen LogP contribution is 2.21. The third-order valence-electron chi connectivity index (χ3n) is 7.34. The number of imidazole rings is 1. The third-order valence-corrected chi connectivity index (χ3v) is 7.47. The summed E-state index contributed by atoms with van der Waals surface area (Å²) in [7, 11) is 0. The minimum atomic E-state index is -0.446. The molecule has 0 saturated heterocycles. The Bertz CT molecular complexity index is 1970. The van der Waals surface area contributed by atoms with Gasteiger partial charge in [0.1, 0.15) is 0 Å². The van der Waals surface area contributed by atoms with E-state index in [9.17, 15) is 19.2 Å². The molecule has 0 bridgehead atoms. The van der Waals surface area contributed by atoms with E-state index in [1.165, 1.54) is 34.4 Å². The largest absolute Gasteiger partial charge is 0.333 e. The van der Waals surface area contributed by atoms with E-state index in [2.05, 4.69) is 17.2 Å². The predicted molar refractivity (Wildman–Crippen MR) is 183 cm³/mol. The van der Waals surface area contributed by atoms with Crippen LogP contribution in [0.15, 0.2) is 102 Å². The lowest BCUT2D eigenvalue weighted by Gasteiger charge is -2.01. The molecule has 0 spiro atoms. The number of allylic oxidation sites excluding steroid dienone is 2. The van der Waals surface area contributed by atoms with Crippen LogP contribution in [0.5, 0.6) is 0 Å². The maximum atomic E-state index is 12.3. The van der Waals surface area contributed by atoms with Gasteiger partial charge in [0, 0.05) is 11.8 Å². The van der Waals surface area contributed by atoms with E-state index in [1.807, 2.05) is 87.5 Å². The number of anilines is 1. The van der Waals surface area contributed by atoms with Crippen molar-refractivity contribution in [2.75, 3.05) is 5.32 Å². The summed E-state index contributed by atoms with van der Waals surface area (Å²) in [6.45, 7) is 8.16. The zero-order valence-corrected chi connectivity index (χ0v) is 26.3. The zero-order chi connectivity index (χ0) is 32.5. The fourth-order valence-corrected chi connectivity index (χ4v) is 4.64. The normalized spacial score (nSPS) is 11.9. The van der Waals surface area contributed by atoms with E-state index < -0.39 is 10.9 Å². The average molecular weight is 620 g/mol. The van der Waals surface area contributed by atoms with E-state index >= 15 is 0 Å². The number of hydrogen-bond acceptors (Lipinski definition) is 4. The topological polar surface area (TPSA) is 101 Å². The molecule has 6 rings (SSSR count). The Hall–Kier alpha value is -5.27. The number of fused-ring (bicyclic) bond motifs is 2. The van der Waals surface area contributed by atoms with Gasteiger partial charge in [-0.05, 0) is 109 Å². The minimum absolute atomic E-state index is 0.0983. The summed E-state index contributed by atoms with van der Waals surface area (Å²) in [6, 6.07) is 26.8. The maximum Gasteiger partial charge on any atom is 0.333 e. The van der Waals surface area contributed by atoms with Gasteiger partial charge < -0.3 is 10.3 Å². The molecule has 5 aromatic rings. The molecule has 0 saturated carbocycles. The van der Waals surface area contributed by atoms with Gasteiger partial charge in [0.25, 0.3) is 5.91 Å². The van der Waals surface area contributed by atoms with Crippen LogP contribution in [0.25, 0.3) is 23.2 Å². The number of aryl methyl sites for hydroxylation is 4. The molecule has 1 aliphatic rings. The highest BCUT2D eigenvalue weighted by atomic mass is 35.5. The van der Waals surface area contributed by atoms with Crippen molar-refractivity contribution in [2.24, 2.45) is 0 Å². The van der Waals surface area contributed by atoms with E-state index in [0.717, 1.165) is 26.9 Å². The molecule has 2 heterocycles. The van der Waals surface area contributed by atoms with Crippen molar-refractivity contribution in [1.29, 1.82) is 0 Å². The van der Waals surface area contributed by atoms with Gasteiger partial charge in [0.15, 0.2) is 0 Å². The van der Waals surface area contributed by atoms with Crippen molar-refractivity contribution in [3.63, 3.8) is 0 Å². The molecule has 7 nitrogen and oxygen atoms in total. The standard InChI is InChI=1S/C18H16N2O2.C11H11ClO.C8H7NO/c1-12-7-8-14(11-13(12)2)9-10-17(21)20-16-6-4-3-5-15(16)19-18(20)22;1-8-3-4-10(7-9(8)2)5-6-11(12)13;10-8-5-6-3-1-2-4-7(6)9-8/h3-11H,1-2H3,(H,19,22);3-7H,1-2H3;1-4H,5H2,(H,9,10)/b10-9+;6-5+;. The van der Waals surface area contributed by atoms with Crippen molar-refractivity contribution >= 4 is 57.5 Å². The number of carbonyl (C=O) groups excluding carboxylic acids is 3. The minimum Gasteiger partial charge on any atom is -0.326 e. The number of para-hydroxylation sites is 3. The summed E-state index contributed by atoms with van der Waals surface area (Å²) in [4.78, 5) is 48.2. The molecule has 0 fully saturated rings. The second-order valence-corrected chi connectivity index (χ2v) is 11.0. The number of aromatic amines is 1. The first-order valence-electron chi connectivity index (χ1n) is 14.3. The van der Waals surface area contributed by atoms with Crippen LogP contribution in [0.4, 0.5) is 5.69 Å². The van der Waals surface area contributed by atoms with Crippen molar-refractivity contribution < 1.29 is 14.4 Å². The second-order valence-electron chi connectivity index (χ2n) is 10.7. The SMILES string of the molecule is Cc1ccc(/C=C/C(=O)Cl)cc1C.Cc1ccc(/C=C/C(=O)n2c(=O)[nH]c3ccccc32)cc1C.O=C1Cc2ccccc2N1. The van der Waals surface area contributed by atoms with Crippen LogP contribution >= 0.6 is 11.6 Å².